The summed E-state index contributed by atoms with van der Waals surface area (Å²) in [5.41, 5.74) is 1.06. The first-order valence-corrected chi connectivity index (χ1v) is 15.0. The zero-order chi connectivity index (χ0) is 22.2. The molecule has 0 fully saturated rings. The van der Waals surface area contributed by atoms with E-state index >= 15 is 0 Å². The van der Waals surface area contributed by atoms with Crippen LogP contribution in [0.1, 0.15) is 51.0 Å². The molecule has 0 saturated heterocycles. The van der Waals surface area contributed by atoms with Gasteiger partial charge in [0.2, 0.25) is 0 Å². The number of rotatable bonds is 17. The molecule has 6 heteroatoms. The summed E-state index contributed by atoms with van der Waals surface area (Å²) in [5, 5.41) is 0. The Morgan fingerprint density at radius 3 is 2.27 bits per heavy atom. The van der Waals surface area contributed by atoms with Crippen LogP contribution in [0.25, 0.3) is 0 Å². The summed E-state index contributed by atoms with van der Waals surface area (Å²) in [7, 11) is 0.387. The summed E-state index contributed by atoms with van der Waals surface area (Å²) in [4.78, 5) is 12.0. The molecule has 5 nitrogen and oxygen atoms in total. The third-order valence-electron chi connectivity index (χ3n) is 5.02. The Kier molecular flexibility index (Phi) is 13.9. The minimum atomic E-state index is -1.03. The maximum atomic E-state index is 12.0. The van der Waals surface area contributed by atoms with Crippen molar-refractivity contribution in [3.05, 3.63) is 35.9 Å². The largest absolute Gasteiger partial charge is 0.467 e. The van der Waals surface area contributed by atoms with Gasteiger partial charge in [-0.1, -0.05) is 75.7 Å². The number of carbonyl (C=O) groups is 1. The van der Waals surface area contributed by atoms with Gasteiger partial charge < -0.3 is 18.9 Å². The third-order valence-corrected chi connectivity index (χ3v) is 6.72. The van der Waals surface area contributed by atoms with Crippen molar-refractivity contribution in [2.45, 2.75) is 89.9 Å². The molecule has 1 rings (SSSR count). The smallest absolute Gasteiger partial charge is 0.334 e. The number of methoxy groups -OCH3 is 1. The van der Waals surface area contributed by atoms with Gasteiger partial charge in [0, 0.05) is 14.7 Å². The Balaban J connectivity index is 2.10. The van der Waals surface area contributed by atoms with E-state index in [0.717, 1.165) is 44.3 Å². The third kappa shape index (κ3) is 13.9. The van der Waals surface area contributed by atoms with Gasteiger partial charge in [0.1, 0.15) is 6.79 Å². The van der Waals surface area contributed by atoms with Gasteiger partial charge in [-0.15, -0.1) is 0 Å². The monoisotopic (exact) mass is 438 g/mol. The molecule has 0 amide bonds. The minimum absolute atomic E-state index is 0.217. The van der Waals surface area contributed by atoms with Crippen LogP contribution >= 0.6 is 0 Å². The zero-order valence-corrected chi connectivity index (χ0v) is 20.7. The van der Waals surface area contributed by atoms with Gasteiger partial charge in [0.05, 0.1) is 19.8 Å². The van der Waals surface area contributed by atoms with Gasteiger partial charge in [-0.3, -0.25) is 0 Å². The zero-order valence-electron chi connectivity index (χ0n) is 19.7. The molecule has 0 unspecified atom stereocenters. The first-order chi connectivity index (χ1) is 14.3. The highest BCUT2D eigenvalue weighted by molar-refractivity contribution is 6.76. The van der Waals surface area contributed by atoms with E-state index in [9.17, 15) is 4.79 Å². The van der Waals surface area contributed by atoms with Gasteiger partial charge in [-0.25, -0.2) is 4.79 Å². The van der Waals surface area contributed by atoms with Crippen LogP contribution < -0.4 is 0 Å². The van der Waals surface area contributed by atoms with Crippen LogP contribution in [0.4, 0.5) is 0 Å². The molecule has 1 aromatic carbocycles. The molecule has 172 valence electrons. The molecule has 30 heavy (non-hydrogen) atoms. The maximum Gasteiger partial charge on any atom is 0.334 e. The van der Waals surface area contributed by atoms with Crippen molar-refractivity contribution in [3.8, 4) is 0 Å². The van der Waals surface area contributed by atoms with Crippen LogP contribution in [0.15, 0.2) is 30.3 Å². The topological polar surface area (TPSA) is 54.0 Å². The summed E-state index contributed by atoms with van der Waals surface area (Å²) in [6, 6.07) is 11.1. The number of carbonyl (C=O) groups excluding carboxylic acids is 1. The summed E-state index contributed by atoms with van der Waals surface area (Å²) in [5.74, 6) is -0.290. The fourth-order valence-electron chi connectivity index (χ4n) is 2.97. The summed E-state index contributed by atoms with van der Waals surface area (Å²) in [6.07, 6.45) is 5.70. The molecule has 0 aliphatic heterocycles. The lowest BCUT2D eigenvalue weighted by Gasteiger charge is -2.17. The second-order valence-electron chi connectivity index (χ2n) is 9.11. The van der Waals surface area contributed by atoms with Crippen LogP contribution in [-0.2, 0) is 30.3 Å². The van der Waals surface area contributed by atoms with Gasteiger partial charge in [0.25, 0.3) is 0 Å². The number of esters is 1. The van der Waals surface area contributed by atoms with E-state index in [-0.39, 0.29) is 12.1 Å². The molecule has 0 aliphatic carbocycles. The second kappa shape index (κ2) is 15.6. The van der Waals surface area contributed by atoms with E-state index in [4.69, 9.17) is 18.9 Å². The average molecular weight is 439 g/mol. The quantitative estimate of drug-likeness (QED) is 0.133. The van der Waals surface area contributed by atoms with E-state index in [0.29, 0.717) is 19.8 Å². The van der Waals surface area contributed by atoms with E-state index in [1.54, 1.807) is 0 Å². The highest BCUT2D eigenvalue weighted by atomic mass is 28.3. The fourth-order valence-corrected chi connectivity index (χ4v) is 3.73. The number of hydrogen-bond acceptors (Lipinski definition) is 5. The maximum absolute atomic E-state index is 12.0. The number of benzene rings is 1. The first kappa shape index (κ1) is 26.8. The van der Waals surface area contributed by atoms with Crippen LogP contribution in [0.5, 0.6) is 0 Å². The van der Waals surface area contributed by atoms with Crippen molar-refractivity contribution < 1.29 is 23.7 Å². The highest BCUT2D eigenvalue weighted by Gasteiger charge is 2.19. The van der Waals surface area contributed by atoms with Gasteiger partial charge in [0.15, 0.2) is 6.10 Å². The normalized spacial score (nSPS) is 13.8. The predicted octanol–water partition coefficient (Wildman–Crippen LogP) is 5.80. The van der Waals surface area contributed by atoms with Crippen LogP contribution in [0, 0.1) is 0 Å². The Morgan fingerprint density at radius 1 is 0.967 bits per heavy atom. The van der Waals surface area contributed by atoms with Crippen LogP contribution in [0.2, 0.25) is 25.7 Å². The van der Waals surface area contributed by atoms with Gasteiger partial charge >= 0.3 is 5.97 Å². The standard InChI is InChI=1S/C24H42O5Si/c1-21(29-20-27-17-18-30(3,4)5)13-9-6-7-12-16-23(24(25)26-2)28-19-22-14-10-8-11-15-22/h8,10-11,14-15,21,23H,6-7,9,12-13,16-20H2,1-5H3/t21-,23+/m1/s1. The molecule has 0 N–H and O–H groups in total. The number of unbranched alkanes of at least 4 members (excludes halogenated alkanes) is 3. The van der Waals surface area contributed by atoms with Crippen molar-refractivity contribution >= 4 is 14.0 Å². The van der Waals surface area contributed by atoms with E-state index in [1.807, 2.05) is 30.3 Å². The lowest BCUT2D eigenvalue weighted by Crippen LogP contribution is -2.25. The number of hydrogen-bond donors (Lipinski definition) is 0. The minimum Gasteiger partial charge on any atom is -0.467 e. The predicted molar refractivity (Wildman–Crippen MR) is 124 cm³/mol. The van der Waals surface area contributed by atoms with Crippen LogP contribution in [0.3, 0.4) is 0 Å². The molecular weight excluding hydrogens is 396 g/mol. The fraction of sp³-hybridized carbons (Fsp3) is 0.708. The molecule has 0 heterocycles. The average Bonchev–Trinajstić information content (AvgIpc) is 2.71. The van der Waals surface area contributed by atoms with Crippen LogP contribution in [-0.4, -0.2) is 46.8 Å². The van der Waals surface area contributed by atoms with Crippen molar-refractivity contribution in [1.29, 1.82) is 0 Å². The SMILES string of the molecule is COC(=O)[C@H](CCCCCC[C@@H](C)OCOCC[Si](C)(C)C)OCc1ccccc1. The molecule has 0 spiro atoms. The lowest BCUT2D eigenvalue weighted by molar-refractivity contribution is -0.155. The highest BCUT2D eigenvalue weighted by Crippen LogP contribution is 2.14. The number of ether oxygens (including phenoxy) is 4. The van der Waals surface area contributed by atoms with E-state index < -0.39 is 14.2 Å². The molecule has 2 atom stereocenters. The molecule has 1 aromatic rings. The Hall–Kier alpha value is -1.21. The van der Waals surface area contributed by atoms with Crippen molar-refractivity contribution in [2.24, 2.45) is 0 Å². The molecular formula is C24H42O5Si. The second-order valence-corrected chi connectivity index (χ2v) is 14.7. The molecule has 0 bridgehead atoms. The lowest BCUT2D eigenvalue weighted by atomic mass is 10.1. The molecule has 0 saturated carbocycles. The van der Waals surface area contributed by atoms with Gasteiger partial charge in [-0.05, 0) is 31.4 Å². The Bertz CT molecular complexity index is 558. The molecule has 0 radical (unpaired) electrons. The summed E-state index contributed by atoms with van der Waals surface area (Å²) < 4.78 is 22.0. The Labute approximate surface area is 184 Å². The van der Waals surface area contributed by atoms with E-state index in [2.05, 4.69) is 26.6 Å². The summed E-state index contributed by atoms with van der Waals surface area (Å²) in [6.45, 7) is 10.8. The van der Waals surface area contributed by atoms with Crippen molar-refractivity contribution in [3.63, 3.8) is 0 Å². The summed E-state index contributed by atoms with van der Waals surface area (Å²) >= 11 is 0. The molecule has 0 aromatic heterocycles. The van der Waals surface area contributed by atoms with Crippen molar-refractivity contribution in [1.82, 2.24) is 0 Å². The van der Waals surface area contributed by atoms with Crippen molar-refractivity contribution in [2.75, 3.05) is 20.5 Å². The first-order valence-electron chi connectivity index (χ1n) is 11.2. The van der Waals surface area contributed by atoms with Gasteiger partial charge in [-0.2, -0.15) is 0 Å². The Morgan fingerprint density at radius 2 is 1.63 bits per heavy atom. The van der Waals surface area contributed by atoms with E-state index in [1.165, 1.54) is 13.2 Å². The molecule has 0 aliphatic rings.